The Balaban J connectivity index is 1.43. The average molecular weight is 511 g/mol. The van der Waals surface area contributed by atoms with E-state index in [0.29, 0.717) is 19.4 Å². The molecule has 1 aromatic heterocycles. The molecule has 0 saturated carbocycles. The van der Waals surface area contributed by atoms with Gasteiger partial charge in [0.05, 0.1) is 7.11 Å². The van der Waals surface area contributed by atoms with Gasteiger partial charge < -0.3 is 9.30 Å². The van der Waals surface area contributed by atoms with Crippen LogP contribution in [-0.4, -0.2) is 37.5 Å². The van der Waals surface area contributed by atoms with Crippen LogP contribution in [-0.2, 0) is 16.6 Å². The van der Waals surface area contributed by atoms with Gasteiger partial charge >= 0.3 is 0 Å². The van der Waals surface area contributed by atoms with Crippen molar-refractivity contribution in [2.75, 3.05) is 20.2 Å². The maximum Gasteiger partial charge on any atom is 0.246 e. The molecule has 188 valence electrons. The van der Waals surface area contributed by atoms with Gasteiger partial charge in [-0.05, 0) is 73.2 Å². The molecule has 0 N–H and O–H groups in total. The van der Waals surface area contributed by atoms with E-state index in [0.717, 1.165) is 46.1 Å². The number of methoxy groups -OCH3 is 1. The predicted octanol–water partition coefficient (Wildman–Crippen LogP) is 5.85. The summed E-state index contributed by atoms with van der Waals surface area (Å²) in [6, 6.07) is 18.8. The van der Waals surface area contributed by atoms with Crippen molar-refractivity contribution in [1.82, 2.24) is 8.87 Å². The van der Waals surface area contributed by atoms with E-state index in [2.05, 4.69) is 29.7 Å². The molecular formula is C28H28F2N2O3S. The van der Waals surface area contributed by atoms with E-state index >= 15 is 0 Å². The van der Waals surface area contributed by atoms with Crippen LogP contribution < -0.4 is 4.74 Å². The number of sulfonamides is 1. The fourth-order valence-corrected chi connectivity index (χ4v) is 6.87. The van der Waals surface area contributed by atoms with Crippen molar-refractivity contribution in [3.8, 4) is 5.75 Å². The lowest BCUT2D eigenvalue weighted by atomic mass is 9.88. The molecule has 8 heteroatoms. The van der Waals surface area contributed by atoms with Crippen LogP contribution in [0.1, 0.15) is 35.6 Å². The van der Waals surface area contributed by atoms with Crippen LogP contribution in [0.25, 0.3) is 10.9 Å². The SMILES string of the molecule is COc1cccc(Cn2c(C)c(C3CCN(S(=O)(=O)c4cc(F)ccc4F)CC3)c3ccccc32)c1. The second-order valence-corrected chi connectivity index (χ2v) is 11.1. The summed E-state index contributed by atoms with van der Waals surface area (Å²) in [5.74, 6) is -0.741. The lowest BCUT2D eigenvalue weighted by molar-refractivity contribution is 0.318. The number of aromatic nitrogens is 1. The number of ether oxygens (including phenoxy) is 1. The number of rotatable bonds is 6. The number of hydrogen-bond donors (Lipinski definition) is 0. The molecule has 3 aromatic carbocycles. The lowest BCUT2D eigenvalue weighted by Crippen LogP contribution is -2.38. The zero-order valence-electron chi connectivity index (χ0n) is 20.2. The van der Waals surface area contributed by atoms with Gasteiger partial charge in [-0.2, -0.15) is 4.31 Å². The highest BCUT2D eigenvalue weighted by Crippen LogP contribution is 2.39. The third-order valence-electron chi connectivity index (χ3n) is 7.13. The molecule has 1 aliphatic heterocycles. The number of benzene rings is 3. The Hall–Kier alpha value is -3.23. The lowest BCUT2D eigenvalue weighted by Gasteiger charge is -2.31. The molecule has 5 nitrogen and oxygen atoms in total. The summed E-state index contributed by atoms with van der Waals surface area (Å²) in [6.45, 7) is 3.30. The summed E-state index contributed by atoms with van der Waals surface area (Å²) in [5, 5.41) is 1.16. The average Bonchev–Trinajstić information content (AvgIpc) is 3.16. The quantitative estimate of drug-likeness (QED) is 0.327. The largest absolute Gasteiger partial charge is 0.497 e. The van der Waals surface area contributed by atoms with Gasteiger partial charge in [-0.25, -0.2) is 17.2 Å². The molecule has 1 fully saturated rings. The van der Waals surface area contributed by atoms with Crippen molar-refractivity contribution in [2.24, 2.45) is 0 Å². The Kier molecular flexibility index (Phi) is 6.57. The molecule has 0 unspecified atom stereocenters. The standard InChI is InChI=1S/C28H28F2N2O3S/c1-19-28(21-12-14-31(15-13-21)36(33,34)27-17-22(29)10-11-25(27)30)24-8-3-4-9-26(24)32(19)18-20-6-5-7-23(16-20)35-2/h3-11,16-17,21H,12-15,18H2,1-2H3. The van der Waals surface area contributed by atoms with E-state index in [1.807, 2.05) is 30.3 Å². The second kappa shape index (κ2) is 9.67. The molecule has 5 rings (SSSR count). The van der Waals surface area contributed by atoms with E-state index < -0.39 is 26.6 Å². The zero-order valence-corrected chi connectivity index (χ0v) is 21.1. The summed E-state index contributed by atoms with van der Waals surface area (Å²) >= 11 is 0. The van der Waals surface area contributed by atoms with E-state index in [-0.39, 0.29) is 19.0 Å². The molecule has 36 heavy (non-hydrogen) atoms. The molecule has 0 spiro atoms. The second-order valence-electron chi connectivity index (χ2n) is 9.21. The van der Waals surface area contributed by atoms with Gasteiger partial charge in [0.2, 0.25) is 10.0 Å². The first kappa shape index (κ1) is 24.5. The minimum Gasteiger partial charge on any atom is -0.497 e. The fraction of sp³-hybridized carbons (Fsp3) is 0.286. The van der Waals surface area contributed by atoms with Crippen molar-refractivity contribution < 1.29 is 21.9 Å². The van der Waals surface area contributed by atoms with Crippen LogP contribution in [0.2, 0.25) is 0 Å². The van der Waals surface area contributed by atoms with Crippen LogP contribution in [0.5, 0.6) is 5.75 Å². The maximum atomic E-state index is 14.2. The molecule has 0 aliphatic carbocycles. The third kappa shape index (κ3) is 4.40. The van der Waals surface area contributed by atoms with Crippen molar-refractivity contribution in [1.29, 1.82) is 0 Å². The van der Waals surface area contributed by atoms with E-state index in [4.69, 9.17) is 4.74 Å². The van der Waals surface area contributed by atoms with Gasteiger partial charge in [0, 0.05) is 36.2 Å². The minimum absolute atomic E-state index is 0.158. The minimum atomic E-state index is -4.11. The van der Waals surface area contributed by atoms with Gasteiger partial charge in [0.25, 0.3) is 0 Å². The molecule has 2 heterocycles. The van der Waals surface area contributed by atoms with Crippen LogP contribution >= 0.6 is 0 Å². The van der Waals surface area contributed by atoms with Gasteiger partial charge in [-0.3, -0.25) is 0 Å². The Morgan fingerprint density at radius 3 is 2.47 bits per heavy atom. The Morgan fingerprint density at radius 2 is 1.72 bits per heavy atom. The monoisotopic (exact) mass is 510 g/mol. The van der Waals surface area contributed by atoms with Crippen molar-refractivity contribution in [3.63, 3.8) is 0 Å². The van der Waals surface area contributed by atoms with Crippen LogP contribution in [0, 0.1) is 18.6 Å². The smallest absolute Gasteiger partial charge is 0.246 e. The number of para-hydroxylation sites is 1. The summed E-state index contributed by atoms with van der Waals surface area (Å²) in [5.41, 5.74) is 4.63. The van der Waals surface area contributed by atoms with E-state index in [1.165, 1.54) is 9.87 Å². The predicted molar refractivity (Wildman–Crippen MR) is 136 cm³/mol. The highest BCUT2D eigenvalue weighted by Gasteiger charge is 2.33. The first-order valence-corrected chi connectivity index (χ1v) is 13.4. The molecule has 1 aliphatic rings. The van der Waals surface area contributed by atoms with Crippen molar-refractivity contribution in [2.45, 2.75) is 37.1 Å². The zero-order chi connectivity index (χ0) is 25.4. The molecule has 0 bridgehead atoms. The summed E-state index contributed by atoms with van der Waals surface area (Å²) in [6.07, 6.45) is 1.20. The first-order chi connectivity index (χ1) is 17.3. The van der Waals surface area contributed by atoms with E-state index in [1.54, 1.807) is 7.11 Å². The van der Waals surface area contributed by atoms with Gasteiger partial charge in [-0.15, -0.1) is 0 Å². The molecule has 0 atom stereocenters. The third-order valence-corrected chi connectivity index (χ3v) is 9.04. The topological polar surface area (TPSA) is 51.5 Å². The van der Waals surface area contributed by atoms with Gasteiger partial charge in [-0.1, -0.05) is 30.3 Å². The Morgan fingerprint density at radius 1 is 0.972 bits per heavy atom. The normalized spacial score (nSPS) is 15.4. The van der Waals surface area contributed by atoms with Gasteiger partial charge in [0.1, 0.15) is 22.3 Å². The maximum absolute atomic E-state index is 14.2. The summed E-state index contributed by atoms with van der Waals surface area (Å²) < 4.78 is 62.9. The summed E-state index contributed by atoms with van der Waals surface area (Å²) in [4.78, 5) is -0.605. The number of halogens is 2. The van der Waals surface area contributed by atoms with E-state index in [9.17, 15) is 17.2 Å². The molecule has 1 saturated heterocycles. The highest BCUT2D eigenvalue weighted by atomic mass is 32.2. The number of hydrogen-bond acceptors (Lipinski definition) is 3. The number of nitrogens with zero attached hydrogens (tertiary/aromatic N) is 2. The number of fused-ring (bicyclic) bond motifs is 1. The van der Waals surface area contributed by atoms with Crippen molar-refractivity contribution >= 4 is 20.9 Å². The molecule has 4 aromatic rings. The molecule has 0 amide bonds. The van der Waals surface area contributed by atoms with Crippen molar-refractivity contribution in [3.05, 3.63) is 95.2 Å². The summed E-state index contributed by atoms with van der Waals surface area (Å²) in [7, 11) is -2.46. The number of piperidine rings is 1. The van der Waals surface area contributed by atoms with Crippen LogP contribution in [0.4, 0.5) is 8.78 Å². The van der Waals surface area contributed by atoms with Crippen LogP contribution in [0.3, 0.4) is 0 Å². The van der Waals surface area contributed by atoms with Gasteiger partial charge in [0.15, 0.2) is 0 Å². The first-order valence-electron chi connectivity index (χ1n) is 12.0. The fourth-order valence-electron chi connectivity index (χ4n) is 5.33. The van der Waals surface area contributed by atoms with Crippen LogP contribution in [0.15, 0.2) is 71.6 Å². The Labute approximate surface area is 210 Å². The molecule has 0 radical (unpaired) electrons. The Bertz CT molecular complexity index is 1520. The highest BCUT2D eigenvalue weighted by molar-refractivity contribution is 7.89. The molecular weight excluding hydrogens is 482 g/mol.